The summed E-state index contributed by atoms with van der Waals surface area (Å²) in [4.78, 5) is 25.5. The summed E-state index contributed by atoms with van der Waals surface area (Å²) in [5, 5.41) is 2.88. The Morgan fingerprint density at radius 1 is 1.17 bits per heavy atom. The van der Waals surface area contributed by atoms with Crippen molar-refractivity contribution >= 4 is 23.2 Å². The molecule has 2 aromatic rings. The van der Waals surface area contributed by atoms with E-state index in [9.17, 15) is 9.59 Å². The molecular formula is C19H20N2O3. The molecular weight excluding hydrogens is 304 g/mol. The summed E-state index contributed by atoms with van der Waals surface area (Å²) in [6.07, 6.45) is 0.317. The average Bonchev–Trinajstić information content (AvgIpc) is 2.56. The molecule has 0 radical (unpaired) electrons. The van der Waals surface area contributed by atoms with E-state index in [2.05, 4.69) is 5.32 Å². The van der Waals surface area contributed by atoms with Crippen molar-refractivity contribution in [3.05, 3.63) is 53.6 Å². The van der Waals surface area contributed by atoms with Crippen molar-refractivity contribution in [2.75, 3.05) is 23.4 Å². The Labute approximate surface area is 141 Å². The Hall–Kier alpha value is -2.82. The summed E-state index contributed by atoms with van der Waals surface area (Å²) in [5.74, 6) is 0.512. The molecule has 1 heterocycles. The predicted octanol–water partition coefficient (Wildman–Crippen LogP) is 2.92. The van der Waals surface area contributed by atoms with Gasteiger partial charge in [-0.05, 0) is 24.6 Å². The molecule has 2 amide bonds. The molecule has 2 aromatic carbocycles. The van der Waals surface area contributed by atoms with E-state index in [4.69, 9.17) is 4.74 Å². The fourth-order valence-corrected chi connectivity index (χ4v) is 2.72. The normalized spacial score (nSPS) is 13.0. The van der Waals surface area contributed by atoms with Crippen LogP contribution in [0.1, 0.15) is 18.1 Å². The van der Waals surface area contributed by atoms with E-state index in [0.29, 0.717) is 31.0 Å². The first-order valence-corrected chi connectivity index (χ1v) is 7.93. The Kier molecular flexibility index (Phi) is 4.51. The van der Waals surface area contributed by atoms with Crippen LogP contribution in [-0.4, -0.2) is 25.0 Å². The monoisotopic (exact) mass is 324 g/mol. The third-order valence-corrected chi connectivity index (χ3v) is 3.97. The zero-order valence-corrected chi connectivity index (χ0v) is 13.8. The van der Waals surface area contributed by atoms with Crippen LogP contribution in [0, 0.1) is 6.92 Å². The molecule has 0 bridgehead atoms. The maximum Gasteiger partial charge on any atom is 0.228 e. The second-order valence-corrected chi connectivity index (χ2v) is 5.91. The van der Waals surface area contributed by atoms with Gasteiger partial charge in [0.2, 0.25) is 11.8 Å². The molecule has 0 atom stereocenters. The topological polar surface area (TPSA) is 58.6 Å². The van der Waals surface area contributed by atoms with Gasteiger partial charge < -0.3 is 15.0 Å². The molecule has 0 fully saturated rings. The van der Waals surface area contributed by atoms with Crippen LogP contribution in [0.15, 0.2) is 42.5 Å². The van der Waals surface area contributed by atoms with Crippen LogP contribution < -0.4 is 15.0 Å². The second kappa shape index (κ2) is 6.74. The van der Waals surface area contributed by atoms with E-state index in [0.717, 1.165) is 11.3 Å². The maximum atomic E-state index is 12.2. The molecule has 0 saturated carbocycles. The van der Waals surface area contributed by atoms with Crippen molar-refractivity contribution in [3.63, 3.8) is 0 Å². The summed E-state index contributed by atoms with van der Waals surface area (Å²) in [5.41, 5.74) is 3.54. The van der Waals surface area contributed by atoms with E-state index in [1.165, 1.54) is 12.5 Å². The summed E-state index contributed by atoms with van der Waals surface area (Å²) in [6.45, 7) is 4.54. The summed E-state index contributed by atoms with van der Waals surface area (Å²) in [7, 11) is 0. The first-order valence-electron chi connectivity index (χ1n) is 7.93. The number of fused-ring (bicyclic) bond motifs is 1. The molecule has 124 valence electrons. The standard InChI is InChI=1S/C19H20N2O3/c1-13-3-5-15(6-4-13)11-19(23)20-16-7-8-17-18(12-16)24-10-9-21(17)14(2)22/h3-8,12H,9-11H2,1-2H3,(H,20,23). The molecule has 1 aliphatic heterocycles. The van der Waals surface area contributed by atoms with Crippen LogP contribution in [0.2, 0.25) is 0 Å². The highest BCUT2D eigenvalue weighted by molar-refractivity contribution is 5.96. The van der Waals surface area contributed by atoms with Gasteiger partial charge in [0.15, 0.2) is 0 Å². The first-order chi connectivity index (χ1) is 11.5. The van der Waals surface area contributed by atoms with Crippen LogP contribution >= 0.6 is 0 Å². The van der Waals surface area contributed by atoms with Crippen molar-refractivity contribution < 1.29 is 14.3 Å². The third kappa shape index (κ3) is 3.56. The predicted molar refractivity (Wildman–Crippen MR) is 93.5 cm³/mol. The van der Waals surface area contributed by atoms with Gasteiger partial charge in [0.25, 0.3) is 0 Å². The summed E-state index contributed by atoms with van der Waals surface area (Å²) >= 11 is 0. The molecule has 0 saturated heterocycles. The number of nitrogens with one attached hydrogen (secondary N) is 1. The average molecular weight is 324 g/mol. The van der Waals surface area contributed by atoms with E-state index in [1.807, 2.05) is 31.2 Å². The van der Waals surface area contributed by atoms with Gasteiger partial charge in [0, 0.05) is 18.7 Å². The Morgan fingerprint density at radius 2 is 1.92 bits per heavy atom. The quantitative estimate of drug-likeness (QED) is 0.944. The molecule has 1 aliphatic rings. The molecule has 0 spiro atoms. The van der Waals surface area contributed by atoms with Crippen molar-refractivity contribution in [3.8, 4) is 5.75 Å². The molecule has 24 heavy (non-hydrogen) atoms. The van der Waals surface area contributed by atoms with E-state index in [-0.39, 0.29) is 11.8 Å². The lowest BCUT2D eigenvalue weighted by Crippen LogP contribution is -2.36. The Bertz CT molecular complexity index is 769. The molecule has 1 N–H and O–H groups in total. The Balaban J connectivity index is 1.70. The number of carbonyl (C=O) groups is 2. The summed E-state index contributed by atoms with van der Waals surface area (Å²) < 4.78 is 5.61. The second-order valence-electron chi connectivity index (χ2n) is 5.91. The fourth-order valence-electron chi connectivity index (χ4n) is 2.72. The largest absolute Gasteiger partial charge is 0.489 e. The van der Waals surface area contributed by atoms with E-state index in [1.54, 1.807) is 23.1 Å². The SMILES string of the molecule is CC(=O)N1CCOc2cc(NC(=O)Cc3ccc(C)cc3)ccc21. The van der Waals surface area contributed by atoms with Gasteiger partial charge in [0.05, 0.1) is 18.7 Å². The fraction of sp³-hybridized carbons (Fsp3) is 0.263. The zero-order valence-electron chi connectivity index (χ0n) is 13.8. The number of amides is 2. The van der Waals surface area contributed by atoms with Gasteiger partial charge in [-0.3, -0.25) is 9.59 Å². The highest BCUT2D eigenvalue weighted by atomic mass is 16.5. The third-order valence-electron chi connectivity index (χ3n) is 3.97. The van der Waals surface area contributed by atoms with Crippen molar-refractivity contribution in [2.24, 2.45) is 0 Å². The Morgan fingerprint density at radius 3 is 2.62 bits per heavy atom. The number of hydrogen-bond acceptors (Lipinski definition) is 3. The minimum atomic E-state index is -0.0852. The van der Waals surface area contributed by atoms with E-state index < -0.39 is 0 Å². The number of nitrogens with zero attached hydrogens (tertiary/aromatic N) is 1. The number of hydrogen-bond donors (Lipinski definition) is 1. The zero-order chi connectivity index (χ0) is 17.1. The van der Waals surface area contributed by atoms with Crippen molar-refractivity contribution in [1.29, 1.82) is 0 Å². The lowest BCUT2D eigenvalue weighted by Gasteiger charge is -2.29. The van der Waals surface area contributed by atoms with Gasteiger partial charge in [-0.2, -0.15) is 0 Å². The first kappa shape index (κ1) is 16.1. The molecule has 0 aromatic heterocycles. The van der Waals surface area contributed by atoms with Crippen LogP contribution in [0.25, 0.3) is 0 Å². The molecule has 3 rings (SSSR count). The molecule has 5 nitrogen and oxygen atoms in total. The number of ether oxygens (including phenoxy) is 1. The highest BCUT2D eigenvalue weighted by Crippen LogP contribution is 2.34. The number of benzene rings is 2. The van der Waals surface area contributed by atoms with Crippen LogP contribution in [-0.2, 0) is 16.0 Å². The van der Waals surface area contributed by atoms with E-state index >= 15 is 0 Å². The molecule has 0 unspecified atom stereocenters. The lowest BCUT2D eigenvalue weighted by molar-refractivity contribution is -0.117. The number of aryl methyl sites for hydroxylation is 1. The number of carbonyl (C=O) groups excluding carboxylic acids is 2. The number of anilines is 2. The molecule has 5 heteroatoms. The van der Waals surface area contributed by atoms with Crippen molar-refractivity contribution in [1.82, 2.24) is 0 Å². The van der Waals surface area contributed by atoms with Crippen LogP contribution in [0.4, 0.5) is 11.4 Å². The maximum absolute atomic E-state index is 12.2. The van der Waals surface area contributed by atoms with Crippen LogP contribution in [0.5, 0.6) is 5.75 Å². The minimum Gasteiger partial charge on any atom is -0.489 e. The summed E-state index contributed by atoms with van der Waals surface area (Å²) in [6, 6.07) is 13.2. The van der Waals surface area contributed by atoms with Gasteiger partial charge >= 0.3 is 0 Å². The van der Waals surface area contributed by atoms with Crippen molar-refractivity contribution in [2.45, 2.75) is 20.3 Å². The van der Waals surface area contributed by atoms with Gasteiger partial charge in [0.1, 0.15) is 12.4 Å². The van der Waals surface area contributed by atoms with Gasteiger partial charge in [-0.15, -0.1) is 0 Å². The van der Waals surface area contributed by atoms with Gasteiger partial charge in [-0.1, -0.05) is 29.8 Å². The smallest absolute Gasteiger partial charge is 0.228 e. The minimum absolute atomic E-state index is 0.0179. The highest BCUT2D eigenvalue weighted by Gasteiger charge is 2.21. The lowest BCUT2D eigenvalue weighted by atomic mass is 10.1. The van der Waals surface area contributed by atoms with Crippen LogP contribution in [0.3, 0.4) is 0 Å². The number of rotatable bonds is 3. The molecule has 0 aliphatic carbocycles. The van der Waals surface area contributed by atoms with Gasteiger partial charge in [-0.25, -0.2) is 0 Å².